The molecule has 3 rings (SSSR count). The maximum Gasteiger partial charge on any atom is 0.275 e. The molecule has 5 heteroatoms. The minimum atomic E-state index is -0.611. The fourth-order valence-corrected chi connectivity index (χ4v) is 3.15. The van der Waals surface area contributed by atoms with Crippen molar-refractivity contribution < 1.29 is 18.9 Å². The summed E-state index contributed by atoms with van der Waals surface area (Å²) in [6, 6.07) is 22.4. The highest BCUT2D eigenvalue weighted by Gasteiger charge is 2.20. The van der Waals surface area contributed by atoms with Crippen molar-refractivity contribution in [1.29, 1.82) is 0 Å². The van der Waals surface area contributed by atoms with Crippen LogP contribution < -0.4 is 10.6 Å². The van der Waals surface area contributed by atoms with Crippen LogP contribution >= 0.6 is 0 Å². The topological polar surface area (TPSA) is 45.7 Å². The summed E-state index contributed by atoms with van der Waals surface area (Å²) in [7, 11) is 0. The van der Waals surface area contributed by atoms with Crippen molar-refractivity contribution in [2.45, 2.75) is 19.0 Å². The molecule has 144 valence electrons. The molecule has 0 spiro atoms. The number of hydrogen-bond acceptors (Lipinski definition) is 1. The average molecular weight is 381 g/mol. The number of halogens is 2. The summed E-state index contributed by atoms with van der Waals surface area (Å²) in [5.74, 6) is -1.37. The normalized spacial score (nSPS) is 12.0. The Bertz CT molecular complexity index is 877. The second-order valence-corrected chi connectivity index (χ2v) is 6.72. The smallest absolute Gasteiger partial charge is 0.275 e. The maximum atomic E-state index is 13.9. The summed E-state index contributed by atoms with van der Waals surface area (Å²) < 4.78 is 27.0. The van der Waals surface area contributed by atoms with Crippen LogP contribution in [0.15, 0.2) is 78.9 Å². The molecule has 3 nitrogen and oxygen atoms in total. The Morgan fingerprint density at radius 3 is 2.04 bits per heavy atom. The number of quaternary nitrogens is 1. The Morgan fingerprint density at radius 1 is 0.929 bits per heavy atom. The predicted molar refractivity (Wildman–Crippen MR) is 104 cm³/mol. The zero-order valence-electron chi connectivity index (χ0n) is 15.6. The number of nitrogens with one attached hydrogen (secondary N) is 1. The Morgan fingerprint density at radius 2 is 1.50 bits per heavy atom. The molecule has 0 unspecified atom stereocenters. The highest BCUT2D eigenvalue weighted by Crippen LogP contribution is 2.21. The fraction of sp³-hybridized carbons (Fsp3) is 0.174. The molecule has 1 atom stereocenters. The van der Waals surface area contributed by atoms with E-state index in [0.717, 1.165) is 17.2 Å². The third-order valence-corrected chi connectivity index (χ3v) is 4.68. The van der Waals surface area contributed by atoms with Crippen molar-refractivity contribution >= 4 is 5.91 Å². The molecule has 28 heavy (non-hydrogen) atoms. The molecule has 3 aromatic carbocycles. The molecular formula is C23H23F2N2O+. The van der Waals surface area contributed by atoms with Gasteiger partial charge in [-0.3, -0.25) is 4.79 Å². The number of carbonyl (C=O) groups excluding carboxylic acids is 1. The maximum absolute atomic E-state index is 13.9. The van der Waals surface area contributed by atoms with E-state index >= 15 is 0 Å². The van der Waals surface area contributed by atoms with Gasteiger partial charge in [0.05, 0.1) is 6.04 Å². The van der Waals surface area contributed by atoms with Gasteiger partial charge in [-0.25, -0.2) is 8.78 Å². The lowest BCUT2D eigenvalue weighted by Crippen LogP contribution is -2.87. The first-order chi connectivity index (χ1) is 13.5. The van der Waals surface area contributed by atoms with Crippen molar-refractivity contribution in [3.63, 3.8) is 0 Å². The van der Waals surface area contributed by atoms with E-state index in [1.807, 2.05) is 60.7 Å². The molecule has 0 bridgehead atoms. The van der Waals surface area contributed by atoms with Crippen LogP contribution in [0, 0.1) is 11.6 Å². The summed E-state index contributed by atoms with van der Waals surface area (Å²) in [5.41, 5.74) is 2.34. The van der Waals surface area contributed by atoms with Gasteiger partial charge < -0.3 is 10.6 Å². The third-order valence-electron chi connectivity index (χ3n) is 4.68. The van der Waals surface area contributed by atoms with Gasteiger partial charge in [0.15, 0.2) is 6.54 Å². The van der Waals surface area contributed by atoms with Gasteiger partial charge in [0.2, 0.25) is 0 Å². The second kappa shape index (κ2) is 9.24. The van der Waals surface area contributed by atoms with Gasteiger partial charge in [-0.05, 0) is 30.2 Å². The molecule has 0 saturated heterocycles. The SMILES string of the molecule is C[C@@H]([NH2+]CC(=O)NC(c1ccccc1)c1ccccc1)c1ccc(F)cc1F. The quantitative estimate of drug-likeness (QED) is 0.647. The van der Waals surface area contributed by atoms with E-state index in [1.54, 1.807) is 12.2 Å². The van der Waals surface area contributed by atoms with Crippen molar-refractivity contribution in [2.75, 3.05) is 6.54 Å². The Balaban J connectivity index is 1.67. The molecule has 0 saturated carbocycles. The highest BCUT2D eigenvalue weighted by atomic mass is 19.1. The van der Waals surface area contributed by atoms with Gasteiger partial charge in [-0.1, -0.05) is 60.7 Å². The predicted octanol–water partition coefficient (Wildman–Crippen LogP) is 3.50. The first-order valence-electron chi connectivity index (χ1n) is 9.22. The molecular weight excluding hydrogens is 358 g/mol. The van der Waals surface area contributed by atoms with Crippen molar-refractivity contribution in [2.24, 2.45) is 0 Å². The minimum Gasteiger partial charge on any atom is -0.340 e. The summed E-state index contributed by atoms with van der Waals surface area (Å²) in [5, 5.41) is 4.79. The number of amides is 1. The monoisotopic (exact) mass is 381 g/mol. The molecule has 1 amide bonds. The Labute approximate surface area is 163 Å². The van der Waals surface area contributed by atoms with Gasteiger partial charge in [-0.15, -0.1) is 0 Å². The van der Waals surface area contributed by atoms with E-state index in [1.165, 1.54) is 12.1 Å². The van der Waals surface area contributed by atoms with Crippen LogP contribution in [0.3, 0.4) is 0 Å². The van der Waals surface area contributed by atoms with Crippen molar-refractivity contribution in [3.05, 3.63) is 107 Å². The van der Waals surface area contributed by atoms with E-state index in [2.05, 4.69) is 5.32 Å². The lowest BCUT2D eigenvalue weighted by Gasteiger charge is -2.20. The van der Waals surface area contributed by atoms with Crippen LogP contribution in [0.2, 0.25) is 0 Å². The largest absolute Gasteiger partial charge is 0.340 e. The van der Waals surface area contributed by atoms with E-state index in [9.17, 15) is 13.6 Å². The van der Waals surface area contributed by atoms with Crippen LogP contribution in [0.25, 0.3) is 0 Å². The zero-order valence-corrected chi connectivity index (χ0v) is 15.6. The number of benzene rings is 3. The Kier molecular flexibility index (Phi) is 6.50. The third kappa shape index (κ3) is 5.02. The lowest BCUT2D eigenvalue weighted by molar-refractivity contribution is -0.682. The summed E-state index contributed by atoms with van der Waals surface area (Å²) in [6.45, 7) is 1.92. The van der Waals surface area contributed by atoms with Crippen LogP contribution in [0.1, 0.15) is 35.7 Å². The average Bonchev–Trinajstić information content (AvgIpc) is 2.71. The number of nitrogens with two attached hydrogens (primary N) is 1. The van der Waals surface area contributed by atoms with E-state index < -0.39 is 11.6 Å². The minimum absolute atomic E-state index is 0.133. The van der Waals surface area contributed by atoms with Gasteiger partial charge >= 0.3 is 0 Å². The lowest BCUT2D eigenvalue weighted by atomic mass is 9.99. The summed E-state index contributed by atoms with van der Waals surface area (Å²) >= 11 is 0. The van der Waals surface area contributed by atoms with Crippen molar-refractivity contribution in [1.82, 2.24) is 5.32 Å². The highest BCUT2D eigenvalue weighted by molar-refractivity contribution is 5.77. The van der Waals surface area contributed by atoms with Gasteiger partial charge in [-0.2, -0.15) is 0 Å². The number of hydrogen-bond donors (Lipinski definition) is 2. The molecule has 0 heterocycles. The first kappa shape index (κ1) is 19.7. The summed E-state index contributed by atoms with van der Waals surface area (Å²) in [4.78, 5) is 12.6. The molecule has 0 aliphatic carbocycles. The molecule has 0 aliphatic heterocycles. The number of rotatable bonds is 7. The van der Waals surface area contributed by atoms with Gasteiger partial charge in [0, 0.05) is 11.6 Å². The number of carbonyl (C=O) groups is 1. The van der Waals surface area contributed by atoms with E-state index in [-0.39, 0.29) is 24.5 Å². The molecule has 3 N–H and O–H groups in total. The van der Waals surface area contributed by atoms with Crippen LogP contribution in [0.5, 0.6) is 0 Å². The van der Waals surface area contributed by atoms with Crippen molar-refractivity contribution in [3.8, 4) is 0 Å². The molecule has 0 aromatic heterocycles. The standard InChI is InChI=1S/C23H22F2N2O/c1-16(20-13-12-19(24)14-21(20)25)26-15-22(28)27-23(17-8-4-2-5-9-17)18-10-6-3-7-11-18/h2-14,16,23,26H,15H2,1H3,(H,27,28)/p+1/t16-/m1/s1. The molecule has 0 radical (unpaired) electrons. The summed E-state index contributed by atoms with van der Waals surface area (Å²) in [6.07, 6.45) is 0. The zero-order chi connectivity index (χ0) is 19.9. The van der Waals surface area contributed by atoms with Crippen LogP contribution in [-0.2, 0) is 4.79 Å². The van der Waals surface area contributed by atoms with Crippen LogP contribution in [0.4, 0.5) is 8.78 Å². The van der Waals surface area contributed by atoms with E-state index in [4.69, 9.17) is 0 Å². The second-order valence-electron chi connectivity index (χ2n) is 6.72. The van der Waals surface area contributed by atoms with E-state index in [0.29, 0.717) is 5.56 Å². The Hall–Kier alpha value is -3.05. The van der Waals surface area contributed by atoms with Gasteiger partial charge in [0.25, 0.3) is 5.91 Å². The van der Waals surface area contributed by atoms with Gasteiger partial charge in [0.1, 0.15) is 17.7 Å². The fourth-order valence-electron chi connectivity index (χ4n) is 3.15. The molecule has 0 fully saturated rings. The first-order valence-corrected chi connectivity index (χ1v) is 9.22. The molecule has 0 aliphatic rings. The molecule has 3 aromatic rings. The van der Waals surface area contributed by atoms with Crippen LogP contribution in [-0.4, -0.2) is 12.5 Å².